The molecule has 0 saturated heterocycles. The molecule has 2 unspecified atom stereocenters. The zero-order valence-corrected chi connectivity index (χ0v) is 12.3. The van der Waals surface area contributed by atoms with Gasteiger partial charge in [0.05, 0.1) is 11.5 Å². The van der Waals surface area contributed by atoms with Crippen molar-refractivity contribution in [3.8, 4) is 5.75 Å². The molecule has 5 N–H and O–H groups in total. The standard InChI is InChI=1S/C15H22N2O4/c1-3-15(2,14(20)21)9-17-13(19)12(16)8-10-4-6-11(18)7-5-10/h4-7,12,18H,3,8-9,16H2,1-2H3,(H,17,19)(H,20,21). The molecule has 6 heteroatoms. The Bertz CT molecular complexity index is 501. The number of nitrogens with two attached hydrogens (primary N) is 1. The lowest BCUT2D eigenvalue weighted by molar-refractivity contribution is -0.148. The fraction of sp³-hybridized carbons (Fsp3) is 0.467. The predicted molar refractivity (Wildman–Crippen MR) is 78.8 cm³/mol. The molecule has 1 aromatic rings. The molecule has 0 fully saturated rings. The number of phenols is 1. The summed E-state index contributed by atoms with van der Waals surface area (Å²) in [6, 6.07) is 5.67. The number of carboxylic acids is 1. The minimum atomic E-state index is -0.992. The number of carbonyl (C=O) groups is 2. The molecule has 0 saturated carbocycles. The third-order valence-electron chi connectivity index (χ3n) is 3.68. The molecule has 0 aliphatic carbocycles. The summed E-state index contributed by atoms with van der Waals surface area (Å²) in [6.45, 7) is 3.39. The largest absolute Gasteiger partial charge is 0.508 e. The minimum absolute atomic E-state index is 0.0426. The normalized spacial score (nSPS) is 15.0. The summed E-state index contributed by atoms with van der Waals surface area (Å²) in [5.74, 6) is -1.18. The maximum Gasteiger partial charge on any atom is 0.311 e. The molecule has 0 heterocycles. The van der Waals surface area contributed by atoms with E-state index in [1.807, 2.05) is 0 Å². The topological polar surface area (TPSA) is 113 Å². The second kappa shape index (κ2) is 7.08. The molecule has 0 radical (unpaired) electrons. The van der Waals surface area contributed by atoms with Crippen LogP contribution in [0.2, 0.25) is 0 Å². The van der Waals surface area contributed by atoms with Crippen LogP contribution in [0.25, 0.3) is 0 Å². The van der Waals surface area contributed by atoms with Crippen molar-refractivity contribution in [3.05, 3.63) is 29.8 Å². The molecule has 0 bridgehead atoms. The lowest BCUT2D eigenvalue weighted by Crippen LogP contribution is -2.47. The van der Waals surface area contributed by atoms with E-state index in [-0.39, 0.29) is 18.2 Å². The van der Waals surface area contributed by atoms with Crippen molar-refractivity contribution in [1.29, 1.82) is 0 Å². The molecule has 0 aliphatic heterocycles. The van der Waals surface area contributed by atoms with Gasteiger partial charge in [-0.3, -0.25) is 9.59 Å². The van der Waals surface area contributed by atoms with Gasteiger partial charge < -0.3 is 21.3 Å². The van der Waals surface area contributed by atoms with E-state index in [9.17, 15) is 14.7 Å². The first-order chi connectivity index (χ1) is 9.78. The van der Waals surface area contributed by atoms with Crippen LogP contribution in [0.1, 0.15) is 25.8 Å². The Labute approximate surface area is 124 Å². The SMILES string of the molecule is CCC(C)(CNC(=O)C(N)Cc1ccc(O)cc1)C(=O)O. The molecule has 116 valence electrons. The molecule has 0 aliphatic rings. The maximum atomic E-state index is 11.9. The van der Waals surface area contributed by atoms with Gasteiger partial charge in [0.2, 0.25) is 5.91 Å². The third-order valence-corrected chi connectivity index (χ3v) is 3.68. The van der Waals surface area contributed by atoms with E-state index in [1.54, 1.807) is 26.0 Å². The van der Waals surface area contributed by atoms with E-state index in [0.29, 0.717) is 12.8 Å². The summed E-state index contributed by atoms with van der Waals surface area (Å²) in [5.41, 5.74) is 5.65. The second-order valence-electron chi connectivity index (χ2n) is 5.41. The second-order valence-corrected chi connectivity index (χ2v) is 5.41. The number of carboxylic acid groups (broad SMARTS) is 1. The Hall–Kier alpha value is -2.08. The van der Waals surface area contributed by atoms with Crippen LogP contribution in [0.15, 0.2) is 24.3 Å². The average molecular weight is 294 g/mol. The quantitative estimate of drug-likeness (QED) is 0.596. The number of hydrogen-bond acceptors (Lipinski definition) is 4. The average Bonchev–Trinajstić information content (AvgIpc) is 2.46. The van der Waals surface area contributed by atoms with Crippen LogP contribution in [-0.2, 0) is 16.0 Å². The van der Waals surface area contributed by atoms with E-state index in [4.69, 9.17) is 10.8 Å². The number of phenolic OH excluding ortho intramolecular Hbond substituents is 1. The van der Waals surface area contributed by atoms with Crippen LogP contribution in [0, 0.1) is 5.41 Å². The van der Waals surface area contributed by atoms with Gasteiger partial charge in [-0.1, -0.05) is 19.1 Å². The molecule has 1 amide bonds. The van der Waals surface area contributed by atoms with Crippen molar-refractivity contribution in [3.63, 3.8) is 0 Å². The Morgan fingerprint density at radius 3 is 2.38 bits per heavy atom. The van der Waals surface area contributed by atoms with Gasteiger partial charge in [0.1, 0.15) is 5.75 Å². The first-order valence-corrected chi connectivity index (χ1v) is 6.83. The van der Waals surface area contributed by atoms with Gasteiger partial charge in [-0.25, -0.2) is 0 Å². The van der Waals surface area contributed by atoms with Crippen LogP contribution in [-0.4, -0.2) is 34.7 Å². The first kappa shape index (κ1) is 17.0. The summed E-state index contributed by atoms with van der Waals surface area (Å²) in [6.07, 6.45) is 0.734. The number of rotatable bonds is 7. The highest BCUT2D eigenvalue weighted by molar-refractivity contribution is 5.83. The van der Waals surface area contributed by atoms with Crippen LogP contribution in [0.3, 0.4) is 0 Å². The van der Waals surface area contributed by atoms with E-state index < -0.39 is 17.4 Å². The molecule has 1 rings (SSSR count). The monoisotopic (exact) mass is 294 g/mol. The van der Waals surface area contributed by atoms with E-state index in [1.165, 1.54) is 12.1 Å². The molecule has 0 aromatic heterocycles. The molecule has 6 nitrogen and oxygen atoms in total. The first-order valence-electron chi connectivity index (χ1n) is 6.83. The number of carbonyl (C=O) groups excluding carboxylic acids is 1. The Morgan fingerprint density at radius 1 is 1.33 bits per heavy atom. The highest BCUT2D eigenvalue weighted by atomic mass is 16.4. The molecular weight excluding hydrogens is 272 g/mol. The predicted octanol–water partition coefficient (Wildman–Crippen LogP) is 0.879. The zero-order chi connectivity index (χ0) is 16.0. The molecule has 21 heavy (non-hydrogen) atoms. The van der Waals surface area contributed by atoms with Crippen LogP contribution in [0.5, 0.6) is 5.75 Å². The van der Waals surface area contributed by atoms with E-state index in [0.717, 1.165) is 5.56 Å². The Balaban J connectivity index is 2.55. The van der Waals surface area contributed by atoms with Crippen molar-refractivity contribution in [2.24, 2.45) is 11.1 Å². The zero-order valence-electron chi connectivity index (χ0n) is 12.3. The lowest BCUT2D eigenvalue weighted by atomic mass is 9.87. The fourth-order valence-corrected chi connectivity index (χ4v) is 1.74. The number of hydrogen-bond donors (Lipinski definition) is 4. The Morgan fingerprint density at radius 2 is 1.90 bits per heavy atom. The molecule has 1 aromatic carbocycles. The number of benzene rings is 1. The van der Waals surface area contributed by atoms with Crippen molar-refractivity contribution in [2.75, 3.05) is 6.54 Å². The number of aliphatic carboxylic acids is 1. The van der Waals surface area contributed by atoms with E-state index >= 15 is 0 Å². The highest BCUT2D eigenvalue weighted by Crippen LogP contribution is 2.20. The number of nitrogens with one attached hydrogen (secondary N) is 1. The van der Waals surface area contributed by atoms with Gasteiger partial charge in [-0.05, 0) is 37.5 Å². The van der Waals surface area contributed by atoms with Crippen molar-refractivity contribution >= 4 is 11.9 Å². The summed E-state index contributed by atoms with van der Waals surface area (Å²) < 4.78 is 0. The summed E-state index contributed by atoms with van der Waals surface area (Å²) >= 11 is 0. The van der Waals surface area contributed by atoms with Gasteiger partial charge in [0.25, 0.3) is 0 Å². The van der Waals surface area contributed by atoms with Gasteiger partial charge in [-0.2, -0.15) is 0 Å². The number of aromatic hydroxyl groups is 1. The highest BCUT2D eigenvalue weighted by Gasteiger charge is 2.32. The fourth-order valence-electron chi connectivity index (χ4n) is 1.74. The third kappa shape index (κ3) is 4.75. The van der Waals surface area contributed by atoms with Crippen molar-refractivity contribution in [1.82, 2.24) is 5.32 Å². The molecule has 0 spiro atoms. The minimum Gasteiger partial charge on any atom is -0.508 e. The molecule has 2 atom stereocenters. The van der Waals surface area contributed by atoms with Gasteiger partial charge in [0.15, 0.2) is 0 Å². The van der Waals surface area contributed by atoms with Gasteiger partial charge in [0, 0.05) is 6.54 Å². The van der Waals surface area contributed by atoms with Crippen molar-refractivity contribution < 1.29 is 19.8 Å². The smallest absolute Gasteiger partial charge is 0.311 e. The summed E-state index contributed by atoms with van der Waals surface area (Å²) in [5, 5.41) is 20.9. The van der Waals surface area contributed by atoms with Gasteiger partial charge in [-0.15, -0.1) is 0 Å². The molecular formula is C15H22N2O4. The van der Waals surface area contributed by atoms with Crippen LogP contribution >= 0.6 is 0 Å². The van der Waals surface area contributed by atoms with Crippen LogP contribution in [0.4, 0.5) is 0 Å². The van der Waals surface area contributed by atoms with E-state index in [2.05, 4.69) is 5.32 Å². The summed E-state index contributed by atoms with van der Waals surface area (Å²) in [4.78, 5) is 23.1. The van der Waals surface area contributed by atoms with Crippen LogP contribution < -0.4 is 11.1 Å². The van der Waals surface area contributed by atoms with Crippen molar-refractivity contribution in [2.45, 2.75) is 32.7 Å². The Kier molecular flexibility index (Phi) is 5.72. The number of amides is 1. The van der Waals surface area contributed by atoms with Gasteiger partial charge >= 0.3 is 5.97 Å². The lowest BCUT2D eigenvalue weighted by Gasteiger charge is -2.24. The maximum absolute atomic E-state index is 11.9. The summed E-state index contributed by atoms with van der Waals surface area (Å²) in [7, 11) is 0.